The Morgan fingerprint density at radius 1 is 1.15 bits per heavy atom. The van der Waals surface area contributed by atoms with Crippen LogP contribution >= 0.6 is 11.6 Å². The van der Waals surface area contributed by atoms with Gasteiger partial charge in [0, 0.05) is 5.02 Å². The highest BCUT2D eigenvalue weighted by Crippen LogP contribution is 2.22. The van der Waals surface area contributed by atoms with E-state index in [4.69, 9.17) is 22.2 Å². The molecule has 5 heteroatoms. The minimum atomic E-state index is -0.766. The maximum absolute atomic E-state index is 11.8. The molecule has 3 N–H and O–H groups in total. The van der Waals surface area contributed by atoms with E-state index in [1.165, 1.54) is 0 Å². The van der Waals surface area contributed by atoms with Gasteiger partial charge in [-0.05, 0) is 17.2 Å². The quantitative estimate of drug-likeness (QED) is 0.505. The van der Waals surface area contributed by atoms with Crippen LogP contribution in [0.5, 0.6) is 0 Å². The van der Waals surface area contributed by atoms with Crippen LogP contribution in [-0.2, 0) is 16.1 Å². The molecule has 0 aliphatic heterocycles. The normalized spacial score (nSPS) is 11.9. The zero-order valence-electron chi connectivity index (χ0n) is 10.8. The van der Waals surface area contributed by atoms with Crippen LogP contribution in [0.1, 0.15) is 17.2 Å². The van der Waals surface area contributed by atoms with E-state index < -0.39 is 12.0 Å². The first-order valence-corrected chi connectivity index (χ1v) is 6.50. The maximum atomic E-state index is 11.8. The molecule has 104 valence electrons. The third-order valence-electron chi connectivity index (χ3n) is 2.85. The molecule has 1 amide bonds. The van der Waals surface area contributed by atoms with Crippen molar-refractivity contribution in [3.63, 3.8) is 0 Å². The van der Waals surface area contributed by atoms with Crippen LogP contribution in [0.15, 0.2) is 54.6 Å². The van der Waals surface area contributed by atoms with E-state index in [0.29, 0.717) is 5.02 Å². The van der Waals surface area contributed by atoms with Gasteiger partial charge < -0.3 is 4.74 Å². The number of ether oxygens (including phenoxy) is 1. The Balaban J connectivity index is 2.14. The molecule has 0 fully saturated rings. The highest BCUT2D eigenvalue weighted by molar-refractivity contribution is 6.31. The summed E-state index contributed by atoms with van der Waals surface area (Å²) >= 11 is 6.06. The van der Waals surface area contributed by atoms with E-state index in [9.17, 15) is 4.79 Å². The first kappa shape index (κ1) is 14.5. The first-order valence-electron chi connectivity index (χ1n) is 6.13. The van der Waals surface area contributed by atoms with Gasteiger partial charge >= 0.3 is 0 Å². The van der Waals surface area contributed by atoms with Crippen molar-refractivity contribution < 1.29 is 9.53 Å². The number of nitrogens with two attached hydrogens (primary N) is 1. The zero-order chi connectivity index (χ0) is 14.4. The Labute approximate surface area is 122 Å². The van der Waals surface area contributed by atoms with E-state index in [1.807, 2.05) is 48.5 Å². The van der Waals surface area contributed by atoms with E-state index in [0.717, 1.165) is 11.1 Å². The van der Waals surface area contributed by atoms with Crippen molar-refractivity contribution in [2.45, 2.75) is 12.7 Å². The number of hydrazine groups is 1. The molecular weight excluding hydrogens is 276 g/mol. The number of amides is 1. The van der Waals surface area contributed by atoms with Crippen LogP contribution in [0.3, 0.4) is 0 Å². The molecule has 0 aromatic heterocycles. The molecule has 0 heterocycles. The third-order valence-corrected chi connectivity index (χ3v) is 3.21. The Morgan fingerprint density at radius 2 is 1.80 bits per heavy atom. The molecule has 2 aromatic carbocycles. The van der Waals surface area contributed by atoms with Gasteiger partial charge in [0.25, 0.3) is 5.91 Å². The van der Waals surface area contributed by atoms with Crippen LogP contribution in [0.25, 0.3) is 0 Å². The highest BCUT2D eigenvalue weighted by atomic mass is 35.5. The summed E-state index contributed by atoms with van der Waals surface area (Å²) in [5.74, 6) is 4.80. The second kappa shape index (κ2) is 7.05. The van der Waals surface area contributed by atoms with Gasteiger partial charge in [0.15, 0.2) is 6.10 Å². The number of benzene rings is 2. The minimum absolute atomic E-state index is 0.229. The van der Waals surface area contributed by atoms with Gasteiger partial charge in [-0.25, -0.2) is 5.84 Å². The van der Waals surface area contributed by atoms with Crippen molar-refractivity contribution in [2.24, 2.45) is 5.84 Å². The summed E-state index contributed by atoms with van der Waals surface area (Å²) in [6.07, 6.45) is -0.766. The molecule has 1 unspecified atom stereocenters. The van der Waals surface area contributed by atoms with Crippen LogP contribution in [-0.4, -0.2) is 5.91 Å². The van der Waals surface area contributed by atoms with E-state index in [2.05, 4.69) is 5.43 Å². The smallest absolute Gasteiger partial charge is 0.267 e. The van der Waals surface area contributed by atoms with Crippen molar-refractivity contribution in [3.8, 4) is 0 Å². The lowest BCUT2D eigenvalue weighted by molar-refractivity contribution is -0.134. The van der Waals surface area contributed by atoms with Gasteiger partial charge in [-0.2, -0.15) is 0 Å². The fraction of sp³-hybridized carbons (Fsp3) is 0.133. The number of hydrogen-bond acceptors (Lipinski definition) is 3. The number of carbonyl (C=O) groups excluding carboxylic acids is 1. The first-order chi connectivity index (χ1) is 9.72. The molecule has 20 heavy (non-hydrogen) atoms. The number of carbonyl (C=O) groups is 1. The Hall–Kier alpha value is -1.88. The minimum Gasteiger partial charge on any atom is -0.359 e. The molecule has 1 atom stereocenters. The molecule has 0 saturated carbocycles. The summed E-state index contributed by atoms with van der Waals surface area (Å²) in [7, 11) is 0. The predicted octanol–water partition coefficient (Wildman–Crippen LogP) is 2.59. The monoisotopic (exact) mass is 290 g/mol. The summed E-state index contributed by atoms with van der Waals surface area (Å²) in [6, 6.07) is 16.5. The van der Waals surface area contributed by atoms with Crippen LogP contribution in [0, 0.1) is 0 Å². The molecule has 0 saturated heterocycles. The molecule has 0 aliphatic rings. The third kappa shape index (κ3) is 3.57. The van der Waals surface area contributed by atoms with Crippen molar-refractivity contribution in [1.82, 2.24) is 5.43 Å². The second-order valence-corrected chi connectivity index (χ2v) is 4.61. The molecule has 2 rings (SSSR count). The highest BCUT2D eigenvalue weighted by Gasteiger charge is 2.20. The van der Waals surface area contributed by atoms with Gasteiger partial charge in [-0.3, -0.25) is 10.2 Å². The van der Waals surface area contributed by atoms with Gasteiger partial charge in [-0.15, -0.1) is 0 Å². The lowest BCUT2D eigenvalue weighted by Gasteiger charge is -2.17. The Bertz CT molecular complexity index is 575. The Kier molecular flexibility index (Phi) is 5.12. The summed E-state index contributed by atoms with van der Waals surface area (Å²) in [6.45, 7) is 0.229. The molecule has 0 aliphatic carbocycles. The SMILES string of the molecule is NNC(=O)C(OCc1ccccc1Cl)c1ccccc1. The Morgan fingerprint density at radius 3 is 2.45 bits per heavy atom. The van der Waals surface area contributed by atoms with Crippen molar-refractivity contribution in [2.75, 3.05) is 0 Å². The standard InChI is InChI=1S/C15H15ClN2O2/c16-13-9-5-4-8-12(13)10-20-14(15(19)18-17)11-6-2-1-3-7-11/h1-9,14H,10,17H2,(H,18,19). The summed E-state index contributed by atoms with van der Waals surface area (Å²) < 4.78 is 5.67. The average molecular weight is 291 g/mol. The zero-order valence-corrected chi connectivity index (χ0v) is 11.5. The number of nitrogens with one attached hydrogen (secondary N) is 1. The molecular formula is C15H15ClN2O2. The molecule has 0 radical (unpaired) electrons. The molecule has 0 spiro atoms. The van der Waals surface area contributed by atoms with Crippen molar-refractivity contribution in [3.05, 3.63) is 70.7 Å². The van der Waals surface area contributed by atoms with Gasteiger partial charge in [0.05, 0.1) is 6.61 Å². The van der Waals surface area contributed by atoms with E-state index >= 15 is 0 Å². The molecule has 4 nitrogen and oxygen atoms in total. The fourth-order valence-electron chi connectivity index (χ4n) is 1.82. The molecule has 0 bridgehead atoms. The van der Waals surface area contributed by atoms with Crippen molar-refractivity contribution >= 4 is 17.5 Å². The van der Waals surface area contributed by atoms with Crippen LogP contribution in [0.4, 0.5) is 0 Å². The fourth-order valence-corrected chi connectivity index (χ4v) is 2.01. The lowest BCUT2D eigenvalue weighted by Crippen LogP contribution is -2.35. The van der Waals surface area contributed by atoms with Gasteiger partial charge in [0.2, 0.25) is 0 Å². The maximum Gasteiger partial charge on any atom is 0.267 e. The topological polar surface area (TPSA) is 64.3 Å². The molecule has 2 aromatic rings. The largest absolute Gasteiger partial charge is 0.359 e. The number of rotatable bonds is 5. The summed E-state index contributed by atoms with van der Waals surface area (Å²) in [5, 5.41) is 0.604. The summed E-state index contributed by atoms with van der Waals surface area (Å²) in [4.78, 5) is 11.8. The van der Waals surface area contributed by atoms with E-state index in [1.54, 1.807) is 6.07 Å². The van der Waals surface area contributed by atoms with Gasteiger partial charge in [0.1, 0.15) is 0 Å². The number of halogens is 1. The van der Waals surface area contributed by atoms with Crippen molar-refractivity contribution in [1.29, 1.82) is 0 Å². The predicted molar refractivity (Wildman–Crippen MR) is 77.8 cm³/mol. The summed E-state index contributed by atoms with van der Waals surface area (Å²) in [5.41, 5.74) is 3.68. The average Bonchev–Trinajstić information content (AvgIpc) is 2.50. The second-order valence-electron chi connectivity index (χ2n) is 4.20. The van der Waals surface area contributed by atoms with Crippen LogP contribution < -0.4 is 11.3 Å². The van der Waals surface area contributed by atoms with E-state index in [-0.39, 0.29) is 6.61 Å². The van der Waals surface area contributed by atoms with Gasteiger partial charge in [-0.1, -0.05) is 60.1 Å². The number of hydrogen-bond donors (Lipinski definition) is 2. The van der Waals surface area contributed by atoms with Crippen LogP contribution in [0.2, 0.25) is 5.02 Å². The lowest BCUT2D eigenvalue weighted by atomic mass is 10.1.